The Hall–Kier alpha value is -2.40. The van der Waals surface area contributed by atoms with E-state index in [1.807, 2.05) is 6.92 Å². The number of benzene rings is 1. The van der Waals surface area contributed by atoms with Gasteiger partial charge in [0.1, 0.15) is 5.15 Å². The predicted molar refractivity (Wildman–Crippen MR) is 79.7 cm³/mol. The van der Waals surface area contributed by atoms with Crippen LogP contribution < -0.4 is 5.32 Å². The van der Waals surface area contributed by atoms with E-state index in [1.54, 1.807) is 30.3 Å². The van der Waals surface area contributed by atoms with Crippen LogP contribution in [0.15, 0.2) is 36.5 Å². The zero-order valence-corrected chi connectivity index (χ0v) is 12.3. The molecule has 0 aliphatic heterocycles. The summed E-state index contributed by atoms with van der Waals surface area (Å²) in [5, 5.41) is 2.84. The first-order valence-corrected chi connectivity index (χ1v) is 6.51. The lowest BCUT2D eigenvalue weighted by Gasteiger charge is -2.10. The summed E-state index contributed by atoms with van der Waals surface area (Å²) in [6.45, 7) is 1.82. The van der Waals surface area contributed by atoms with Gasteiger partial charge >= 0.3 is 5.97 Å². The van der Waals surface area contributed by atoms with Crippen molar-refractivity contribution in [3.05, 3.63) is 58.4 Å². The molecule has 108 valence electrons. The highest BCUT2D eigenvalue weighted by molar-refractivity contribution is 6.33. The van der Waals surface area contributed by atoms with Crippen LogP contribution in [-0.2, 0) is 4.74 Å². The number of carbonyl (C=O) groups excluding carboxylic acids is 2. The van der Waals surface area contributed by atoms with Crippen LogP contribution in [0.5, 0.6) is 0 Å². The van der Waals surface area contributed by atoms with E-state index in [1.165, 1.54) is 13.3 Å². The minimum Gasteiger partial charge on any atom is -0.465 e. The van der Waals surface area contributed by atoms with Gasteiger partial charge < -0.3 is 10.1 Å². The quantitative estimate of drug-likeness (QED) is 0.699. The number of nitrogens with zero attached hydrogens (tertiary/aromatic N) is 1. The van der Waals surface area contributed by atoms with E-state index in [0.29, 0.717) is 11.3 Å². The van der Waals surface area contributed by atoms with Gasteiger partial charge in [-0.1, -0.05) is 17.7 Å². The van der Waals surface area contributed by atoms with Crippen LogP contribution in [0.1, 0.15) is 26.3 Å². The SMILES string of the molecule is COC(=O)c1ccc(C)c(NC(=O)c2cccnc2Cl)c1. The van der Waals surface area contributed by atoms with Gasteiger partial charge in [-0.3, -0.25) is 4.79 Å². The lowest BCUT2D eigenvalue weighted by atomic mass is 10.1. The first kappa shape index (κ1) is 15.0. The third kappa shape index (κ3) is 3.38. The summed E-state index contributed by atoms with van der Waals surface area (Å²) in [4.78, 5) is 27.6. The number of aryl methyl sites for hydroxylation is 1. The molecular formula is C15H13ClN2O3. The lowest BCUT2D eigenvalue weighted by molar-refractivity contribution is 0.0600. The van der Waals surface area contributed by atoms with Gasteiger partial charge in [0.15, 0.2) is 0 Å². The molecule has 5 nitrogen and oxygen atoms in total. The standard InChI is InChI=1S/C15H13ClN2O3/c1-9-5-6-10(15(20)21-2)8-12(9)18-14(19)11-4-3-7-17-13(11)16/h3-8H,1-2H3,(H,18,19). The van der Waals surface area contributed by atoms with Crippen molar-refractivity contribution in [1.82, 2.24) is 4.98 Å². The minimum absolute atomic E-state index is 0.122. The number of hydrogen-bond donors (Lipinski definition) is 1. The number of pyridine rings is 1. The molecule has 1 heterocycles. The second kappa shape index (κ2) is 6.37. The van der Waals surface area contributed by atoms with Crippen LogP contribution in [0.2, 0.25) is 5.15 Å². The number of ether oxygens (including phenoxy) is 1. The Kier molecular flexibility index (Phi) is 4.55. The fraction of sp³-hybridized carbons (Fsp3) is 0.133. The van der Waals surface area contributed by atoms with Crippen molar-refractivity contribution in [2.45, 2.75) is 6.92 Å². The zero-order chi connectivity index (χ0) is 15.4. The van der Waals surface area contributed by atoms with Crippen molar-refractivity contribution in [1.29, 1.82) is 0 Å². The molecule has 0 saturated carbocycles. The Balaban J connectivity index is 2.29. The third-order valence-corrected chi connectivity index (χ3v) is 3.21. The van der Waals surface area contributed by atoms with Crippen LogP contribution >= 0.6 is 11.6 Å². The van der Waals surface area contributed by atoms with Crippen LogP contribution in [0, 0.1) is 6.92 Å². The van der Waals surface area contributed by atoms with Crippen molar-refractivity contribution in [2.24, 2.45) is 0 Å². The van der Waals surface area contributed by atoms with Gasteiger partial charge in [-0.2, -0.15) is 0 Å². The Morgan fingerprint density at radius 2 is 2.05 bits per heavy atom. The average molecular weight is 305 g/mol. The van der Waals surface area contributed by atoms with Crippen molar-refractivity contribution in [2.75, 3.05) is 12.4 Å². The molecule has 2 rings (SSSR count). The van der Waals surface area contributed by atoms with Crippen molar-refractivity contribution < 1.29 is 14.3 Å². The number of amides is 1. The number of nitrogens with one attached hydrogen (secondary N) is 1. The molecule has 0 spiro atoms. The van der Waals surface area contributed by atoms with Crippen molar-refractivity contribution in [3.8, 4) is 0 Å². The molecule has 1 N–H and O–H groups in total. The average Bonchev–Trinajstić information content (AvgIpc) is 2.49. The number of anilines is 1. The number of aromatic nitrogens is 1. The number of rotatable bonds is 3. The number of halogens is 1. The molecule has 0 aliphatic carbocycles. The van der Waals surface area contributed by atoms with E-state index >= 15 is 0 Å². The summed E-state index contributed by atoms with van der Waals surface area (Å²) in [5.41, 5.74) is 1.96. The molecule has 2 aromatic rings. The largest absolute Gasteiger partial charge is 0.465 e. The number of hydrogen-bond acceptors (Lipinski definition) is 4. The van der Waals surface area contributed by atoms with Crippen LogP contribution in [0.3, 0.4) is 0 Å². The topological polar surface area (TPSA) is 68.3 Å². The summed E-state index contributed by atoms with van der Waals surface area (Å²) in [7, 11) is 1.30. The predicted octanol–water partition coefficient (Wildman–Crippen LogP) is 3.08. The summed E-state index contributed by atoms with van der Waals surface area (Å²) >= 11 is 5.88. The van der Waals surface area contributed by atoms with Crippen LogP contribution in [0.4, 0.5) is 5.69 Å². The summed E-state index contributed by atoms with van der Waals surface area (Å²) in [6, 6.07) is 8.12. The summed E-state index contributed by atoms with van der Waals surface area (Å²) < 4.78 is 4.66. The van der Waals surface area contributed by atoms with Gasteiger partial charge in [0.2, 0.25) is 0 Å². The van der Waals surface area contributed by atoms with Gasteiger partial charge in [0, 0.05) is 11.9 Å². The fourth-order valence-corrected chi connectivity index (χ4v) is 1.95. The number of esters is 1. The van der Waals surface area contributed by atoms with E-state index < -0.39 is 11.9 Å². The zero-order valence-electron chi connectivity index (χ0n) is 11.5. The fourth-order valence-electron chi connectivity index (χ4n) is 1.75. The van der Waals surface area contributed by atoms with Gasteiger partial charge in [0.05, 0.1) is 18.2 Å². The van der Waals surface area contributed by atoms with E-state index in [-0.39, 0.29) is 10.7 Å². The minimum atomic E-state index is -0.468. The van der Waals surface area contributed by atoms with Gasteiger partial charge in [-0.15, -0.1) is 0 Å². The van der Waals surface area contributed by atoms with Crippen molar-refractivity contribution >= 4 is 29.2 Å². The van der Waals surface area contributed by atoms with Gasteiger partial charge in [0.25, 0.3) is 5.91 Å². The van der Waals surface area contributed by atoms with E-state index in [2.05, 4.69) is 15.0 Å². The lowest BCUT2D eigenvalue weighted by Crippen LogP contribution is -2.14. The van der Waals surface area contributed by atoms with Gasteiger partial charge in [-0.25, -0.2) is 9.78 Å². The second-order valence-corrected chi connectivity index (χ2v) is 4.68. The van der Waals surface area contributed by atoms with E-state index in [4.69, 9.17) is 11.6 Å². The molecule has 1 aromatic carbocycles. The highest BCUT2D eigenvalue weighted by Crippen LogP contribution is 2.20. The summed E-state index contributed by atoms with van der Waals surface area (Å²) in [5.74, 6) is -0.858. The highest BCUT2D eigenvalue weighted by Gasteiger charge is 2.14. The molecule has 0 bridgehead atoms. The smallest absolute Gasteiger partial charge is 0.337 e. The molecule has 0 saturated heterocycles. The first-order chi connectivity index (χ1) is 10.0. The second-order valence-electron chi connectivity index (χ2n) is 4.32. The Bertz CT molecular complexity index is 701. The Labute approximate surface area is 126 Å². The Morgan fingerprint density at radius 3 is 2.71 bits per heavy atom. The number of carbonyl (C=O) groups is 2. The maximum atomic E-state index is 12.2. The molecule has 0 unspecified atom stereocenters. The molecule has 21 heavy (non-hydrogen) atoms. The van der Waals surface area contributed by atoms with Crippen LogP contribution in [0.25, 0.3) is 0 Å². The first-order valence-electron chi connectivity index (χ1n) is 6.13. The Morgan fingerprint density at radius 1 is 1.29 bits per heavy atom. The molecule has 6 heteroatoms. The third-order valence-electron chi connectivity index (χ3n) is 2.91. The summed E-state index contributed by atoms with van der Waals surface area (Å²) in [6.07, 6.45) is 1.50. The molecule has 0 fully saturated rings. The normalized spacial score (nSPS) is 10.0. The molecule has 0 atom stereocenters. The molecular weight excluding hydrogens is 292 g/mol. The van der Waals surface area contributed by atoms with Crippen molar-refractivity contribution in [3.63, 3.8) is 0 Å². The molecule has 0 radical (unpaired) electrons. The van der Waals surface area contributed by atoms with E-state index in [9.17, 15) is 9.59 Å². The highest BCUT2D eigenvalue weighted by atomic mass is 35.5. The number of methoxy groups -OCH3 is 1. The van der Waals surface area contributed by atoms with Crippen LogP contribution in [-0.4, -0.2) is 24.0 Å². The molecule has 1 aromatic heterocycles. The monoisotopic (exact) mass is 304 g/mol. The maximum Gasteiger partial charge on any atom is 0.337 e. The van der Waals surface area contributed by atoms with E-state index in [0.717, 1.165) is 5.56 Å². The molecule has 0 aliphatic rings. The maximum absolute atomic E-state index is 12.2. The molecule has 1 amide bonds. The van der Waals surface area contributed by atoms with Gasteiger partial charge in [-0.05, 0) is 36.8 Å².